The number of amides is 1. The van der Waals surface area contributed by atoms with Gasteiger partial charge in [0.1, 0.15) is 11.3 Å². The number of rotatable bonds is 3. The first kappa shape index (κ1) is 20.1. The average molecular weight is 376 g/mol. The Kier molecular flexibility index (Phi) is 5.53. The normalized spacial score (nSPS) is 43.9. The van der Waals surface area contributed by atoms with Crippen LogP contribution < -0.4 is 5.32 Å². The van der Waals surface area contributed by atoms with Gasteiger partial charge in [0.15, 0.2) is 5.78 Å². The summed E-state index contributed by atoms with van der Waals surface area (Å²) in [6.45, 7) is 9.97. The van der Waals surface area contributed by atoms with E-state index in [-0.39, 0.29) is 52.6 Å². The molecule has 1 saturated carbocycles. The second-order valence-corrected chi connectivity index (χ2v) is 8.79. The van der Waals surface area contributed by atoms with Crippen LogP contribution in [0.5, 0.6) is 0 Å². The number of nitrogens with one attached hydrogen (secondary N) is 1. The smallest absolute Gasteiger partial charge is 0.259 e. The molecule has 5 heteroatoms. The topological polar surface area (TPSA) is 86.6 Å². The van der Waals surface area contributed by atoms with Crippen LogP contribution in [-0.2, 0) is 9.59 Å². The summed E-state index contributed by atoms with van der Waals surface area (Å²) in [5.74, 6) is -0.546. The number of allylic oxidation sites excluding steroid dienone is 3. The van der Waals surface area contributed by atoms with E-state index in [2.05, 4.69) is 39.1 Å². The summed E-state index contributed by atoms with van der Waals surface area (Å²) in [7, 11) is 0. The molecule has 150 valence electrons. The lowest BCUT2D eigenvalue weighted by atomic mass is 9.54. The van der Waals surface area contributed by atoms with Gasteiger partial charge >= 0.3 is 0 Å². The number of fused-ring (bicyclic) bond motifs is 1. The van der Waals surface area contributed by atoms with Crippen molar-refractivity contribution in [3.63, 3.8) is 0 Å². The third kappa shape index (κ3) is 3.14. The molecule has 27 heavy (non-hydrogen) atoms. The maximum atomic E-state index is 12.5. The Hall–Kier alpha value is -1.62. The Morgan fingerprint density at radius 2 is 1.89 bits per heavy atom. The molecule has 2 aliphatic carbocycles. The van der Waals surface area contributed by atoms with Crippen molar-refractivity contribution < 1.29 is 19.8 Å². The van der Waals surface area contributed by atoms with Crippen molar-refractivity contribution in [2.45, 2.75) is 66.0 Å². The molecule has 3 rings (SSSR count). The van der Waals surface area contributed by atoms with Crippen LogP contribution in [0.1, 0.15) is 53.9 Å². The van der Waals surface area contributed by atoms with Gasteiger partial charge in [-0.15, -0.1) is 0 Å². The van der Waals surface area contributed by atoms with E-state index in [0.29, 0.717) is 0 Å². The molecule has 0 aromatic carbocycles. The fourth-order valence-corrected chi connectivity index (χ4v) is 5.95. The van der Waals surface area contributed by atoms with Crippen LogP contribution in [0, 0.1) is 35.5 Å². The summed E-state index contributed by atoms with van der Waals surface area (Å²) in [4.78, 5) is 24.9. The van der Waals surface area contributed by atoms with Gasteiger partial charge in [-0.1, -0.05) is 38.8 Å². The number of Topliss-reactive ketones (excluding diaryl/α,β-unsaturated/α-hetero) is 1. The molecule has 3 N–H and O–H groups in total. The van der Waals surface area contributed by atoms with E-state index in [1.54, 1.807) is 6.92 Å². The van der Waals surface area contributed by atoms with Gasteiger partial charge in [-0.3, -0.25) is 9.59 Å². The fourth-order valence-electron chi connectivity index (χ4n) is 5.95. The Morgan fingerprint density at radius 1 is 1.22 bits per heavy atom. The number of hydrogen-bond donors (Lipinski definition) is 3. The van der Waals surface area contributed by atoms with Crippen LogP contribution in [0.15, 0.2) is 23.0 Å². The van der Waals surface area contributed by atoms with Gasteiger partial charge in [0.25, 0.3) is 5.91 Å². The summed E-state index contributed by atoms with van der Waals surface area (Å²) >= 11 is 0. The molecule has 0 aromatic rings. The molecule has 5 nitrogen and oxygen atoms in total. The van der Waals surface area contributed by atoms with Crippen LogP contribution in [0.25, 0.3) is 0 Å². The quantitative estimate of drug-likeness (QED) is 0.306. The van der Waals surface area contributed by atoms with Crippen molar-refractivity contribution in [1.29, 1.82) is 0 Å². The van der Waals surface area contributed by atoms with Gasteiger partial charge in [-0.25, -0.2) is 0 Å². The van der Waals surface area contributed by atoms with E-state index in [1.165, 1.54) is 5.57 Å². The average Bonchev–Trinajstić information content (AvgIpc) is 2.87. The molecule has 0 spiro atoms. The second kappa shape index (κ2) is 7.42. The van der Waals surface area contributed by atoms with Gasteiger partial charge in [-0.2, -0.15) is 0 Å². The molecule has 1 aliphatic heterocycles. The first-order chi connectivity index (χ1) is 12.7. The van der Waals surface area contributed by atoms with Crippen LogP contribution in [0.4, 0.5) is 0 Å². The van der Waals surface area contributed by atoms with Gasteiger partial charge in [0.2, 0.25) is 0 Å². The van der Waals surface area contributed by atoms with Gasteiger partial charge < -0.3 is 15.5 Å². The van der Waals surface area contributed by atoms with Crippen molar-refractivity contribution in [2.75, 3.05) is 0 Å². The minimum absolute atomic E-state index is 0.0406. The SMILES string of the molecule is CCC1C(C)=CC2CC(C)C(O)C(CC)C2C1/C(O)=C1/C(=O)NC(C)C1=O. The molecular weight excluding hydrogens is 342 g/mol. The first-order valence-electron chi connectivity index (χ1n) is 10.4. The lowest BCUT2D eigenvalue weighted by molar-refractivity contribution is -0.117. The number of aliphatic hydroxyl groups is 2. The number of hydrogen-bond acceptors (Lipinski definition) is 4. The maximum absolute atomic E-state index is 12.5. The zero-order valence-electron chi connectivity index (χ0n) is 17.0. The van der Waals surface area contributed by atoms with Crippen LogP contribution >= 0.6 is 0 Å². The molecule has 0 aromatic heterocycles. The van der Waals surface area contributed by atoms with Gasteiger partial charge in [0.05, 0.1) is 12.1 Å². The van der Waals surface area contributed by atoms with E-state index >= 15 is 0 Å². The van der Waals surface area contributed by atoms with E-state index in [4.69, 9.17) is 0 Å². The molecule has 0 bridgehead atoms. The van der Waals surface area contributed by atoms with Crippen molar-refractivity contribution in [2.24, 2.45) is 35.5 Å². The summed E-state index contributed by atoms with van der Waals surface area (Å²) in [6.07, 6.45) is 4.39. The van der Waals surface area contributed by atoms with E-state index in [0.717, 1.165) is 19.3 Å². The summed E-state index contributed by atoms with van der Waals surface area (Å²) < 4.78 is 0. The highest BCUT2D eigenvalue weighted by atomic mass is 16.3. The summed E-state index contributed by atoms with van der Waals surface area (Å²) in [5, 5.41) is 24.7. The summed E-state index contributed by atoms with van der Waals surface area (Å²) in [6, 6.07) is -0.593. The van der Waals surface area contributed by atoms with Crippen LogP contribution in [0.2, 0.25) is 0 Å². The molecular formula is C22H33NO4. The lowest BCUT2D eigenvalue weighted by Gasteiger charge is -2.51. The highest BCUT2D eigenvalue weighted by Gasteiger charge is 2.51. The zero-order valence-corrected chi connectivity index (χ0v) is 17.0. The lowest BCUT2D eigenvalue weighted by Crippen LogP contribution is -2.49. The minimum Gasteiger partial charge on any atom is -0.511 e. The Labute approximate surface area is 161 Å². The van der Waals surface area contributed by atoms with Crippen molar-refractivity contribution in [3.8, 4) is 0 Å². The number of ketones is 1. The number of carbonyl (C=O) groups is 2. The largest absolute Gasteiger partial charge is 0.511 e. The third-order valence-corrected chi connectivity index (χ3v) is 7.26. The minimum atomic E-state index is -0.593. The molecule has 0 radical (unpaired) electrons. The number of carbonyl (C=O) groups excluding carboxylic acids is 2. The maximum Gasteiger partial charge on any atom is 0.259 e. The molecule has 1 amide bonds. The van der Waals surface area contributed by atoms with Gasteiger partial charge in [0, 0.05) is 5.92 Å². The monoisotopic (exact) mass is 375 g/mol. The van der Waals surface area contributed by atoms with Crippen LogP contribution in [0.3, 0.4) is 0 Å². The number of aliphatic hydroxyl groups excluding tert-OH is 2. The van der Waals surface area contributed by atoms with E-state index < -0.39 is 18.1 Å². The predicted molar refractivity (Wildman–Crippen MR) is 104 cm³/mol. The second-order valence-electron chi connectivity index (χ2n) is 8.79. The zero-order chi connectivity index (χ0) is 20.0. The molecule has 8 atom stereocenters. The molecule has 8 unspecified atom stereocenters. The Morgan fingerprint density at radius 3 is 2.41 bits per heavy atom. The molecule has 3 aliphatic rings. The van der Waals surface area contributed by atoms with E-state index in [9.17, 15) is 19.8 Å². The predicted octanol–water partition coefficient (Wildman–Crippen LogP) is 3.15. The van der Waals surface area contributed by atoms with Crippen LogP contribution in [-0.4, -0.2) is 34.0 Å². The standard InChI is InChI=1S/C22H33NO4/c1-6-14-10(3)8-13-9-11(4)19(24)15(7-2)16(13)17(14)21(26)18-20(25)12(5)23-22(18)27/h8,11-17,19,24,26H,6-7,9H2,1-5H3,(H,23,27)/b21-18-. The molecule has 1 saturated heterocycles. The van der Waals surface area contributed by atoms with Gasteiger partial charge in [-0.05, 0) is 56.3 Å². The van der Waals surface area contributed by atoms with E-state index in [1.807, 2.05) is 0 Å². The molecule has 1 heterocycles. The Balaban J connectivity index is 2.14. The third-order valence-electron chi connectivity index (χ3n) is 7.26. The van der Waals surface area contributed by atoms with Crippen molar-refractivity contribution in [1.82, 2.24) is 5.32 Å². The Bertz CT molecular complexity index is 694. The highest BCUT2D eigenvalue weighted by molar-refractivity contribution is 6.26. The fraction of sp³-hybridized carbons (Fsp3) is 0.727. The molecule has 2 fully saturated rings. The summed E-state index contributed by atoms with van der Waals surface area (Å²) in [5.41, 5.74) is 1.15. The van der Waals surface area contributed by atoms with Crippen molar-refractivity contribution in [3.05, 3.63) is 23.0 Å². The van der Waals surface area contributed by atoms with Crippen molar-refractivity contribution >= 4 is 11.7 Å². The first-order valence-corrected chi connectivity index (χ1v) is 10.4. The highest BCUT2D eigenvalue weighted by Crippen LogP contribution is 2.53.